The topological polar surface area (TPSA) is 56.0 Å². The van der Waals surface area contributed by atoms with E-state index in [-0.39, 0.29) is 11.6 Å². The molecule has 1 aromatic rings. The fourth-order valence-electron chi connectivity index (χ4n) is 0.784. The van der Waals surface area contributed by atoms with Crippen molar-refractivity contribution in [2.45, 2.75) is 19.8 Å². The lowest BCUT2D eigenvalue weighted by Crippen LogP contribution is -1.94. The molecule has 0 spiro atoms. The Morgan fingerprint density at radius 3 is 2.58 bits per heavy atom. The van der Waals surface area contributed by atoms with Crippen LogP contribution in [0.4, 0.5) is 5.69 Å². The van der Waals surface area contributed by atoms with Gasteiger partial charge in [0.1, 0.15) is 0 Å². The Hall–Kier alpha value is -1.45. The third-order valence-corrected chi connectivity index (χ3v) is 1.50. The molecule has 4 nitrogen and oxygen atoms in total. The fraction of sp³-hybridized carbons (Fsp3) is 0.375. The van der Waals surface area contributed by atoms with E-state index in [1.54, 1.807) is 6.07 Å². The highest BCUT2D eigenvalue weighted by Crippen LogP contribution is 2.14. The Bertz CT molecular complexity index is 280. The zero-order valence-corrected chi connectivity index (χ0v) is 6.94. The van der Waals surface area contributed by atoms with Crippen LogP contribution >= 0.6 is 0 Å². The molecule has 0 atom stereocenters. The van der Waals surface area contributed by atoms with E-state index in [9.17, 15) is 10.1 Å². The first-order chi connectivity index (χ1) is 5.61. The van der Waals surface area contributed by atoms with E-state index in [4.69, 9.17) is 0 Å². The van der Waals surface area contributed by atoms with Gasteiger partial charge in [-0.1, -0.05) is 13.8 Å². The van der Waals surface area contributed by atoms with E-state index in [1.807, 2.05) is 13.8 Å². The zero-order valence-electron chi connectivity index (χ0n) is 6.94. The van der Waals surface area contributed by atoms with Gasteiger partial charge in [0, 0.05) is 11.8 Å². The molecule has 63 valence electrons. The second-order valence-electron chi connectivity index (χ2n) is 2.78. The molecule has 0 N–H and O–H groups in total. The molecule has 0 bridgehead atoms. The summed E-state index contributed by atoms with van der Waals surface area (Å²) in [4.78, 5) is 13.5. The molecule has 0 unspecified atom stereocenters. The van der Waals surface area contributed by atoms with Gasteiger partial charge in [-0.25, -0.2) is 4.98 Å². The van der Waals surface area contributed by atoms with Gasteiger partial charge in [0.2, 0.25) is 0 Å². The predicted molar refractivity (Wildman–Crippen MR) is 43.8 cm³/mol. The van der Waals surface area contributed by atoms with Crippen molar-refractivity contribution in [2.75, 3.05) is 0 Å². The summed E-state index contributed by atoms with van der Waals surface area (Å²) >= 11 is 0. The van der Waals surface area contributed by atoms with Gasteiger partial charge in [-0.05, 0) is 12.0 Å². The third-order valence-electron chi connectivity index (χ3n) is 1.50. The molecule has 0 aromatic carbocycles. The average Bonchev–Trinajstić information content (AvgIpc) is 2.04. The van der Waals surface area contributed by atoms with Crippen LogP contribution in [0.5, 0.6) is 0 Å². The Labute approximate surface area is 70.4 Å². The first-order valence-corrected chi connectivity index (χ1v) is 3.64. The monoisotopic (exact) mass is 165 g/mol. The number of rotatable bonds is 2. The second kappa shape index (κ2) is 3.30. The van der Waals surface area contributed by atoms with E-state index in [0.717, 1.165) is 5.69 Å². The predicted octanol–water partition coefficient (Wildman–Crippen LogP) is 1.91. The molecule has 0 aliphatic carbocycles. The Morgan fingerprint density at radius 1 is 1.58 bits per heavy atom. The Balaban J connectivity index is 2.93. The highest BCUT2D eigenvalue weighted by atomic mass is 16.6. The standard InChI is InChI=1S/C8H9N2O2/c1-6(2)8-4-3-7(5-9-8)10(11)12/h3-4,6H,1-2H3. The minimum atomic E-state index is -0.503. The number of aromatic nitrogens is 1. The molecule has 0 aliphatic heterocycles. The molecule has 1 radical (unpaired) electrons. The lowest BCUT2D eigenvalue weighted by molar-refractivity contribution is -0.385. The van der Waals surface area contributed by atoms with Gasteiger partial charge < -0.3 is 0 Å². The summed E-state index contributed by atoms with van der Waals surface area (Å²) < 4.78 is 0. The molecular weight excluding hydrogens is 156 g/mol. The van der Waals surface area contributed by atoms with Crippen molar-refractivity contribution in [3.05, 3.63) is 34.1 Å². The number of nitro groups is 1. The number of pyridine rings is 1. The lowest BCUT2D eigenvalue weighted by Gasteiger charge is -2.00. The largest absolute Gasteiger partial charge is 0.297 e. The molecule has 4 heteroatoms. The quantitative estimate of drug-likeness (QED) is 0.496. The van der Waals surface area contributed by atoms with Crippen LogP contribution in [0.1, 0.15) is 25.5 Å². The van der Waals surface area contributed by atoms with Crippen molar-refractivity contribution in [2.24, 2.45) is 0 Å². The Morgan fingerprint density at radius 2 is 2.25 bits per heavy atom. The van der Waals surface area contributed by atoms with Gasteiger partial charge in [0.25, 0.3) is 5.69 Å². The van der Waals surface area contributed by atoms with E-state index < -0.39 is 4.92 Å². The van der Waals surface area contributed by atoms with Crippen LogP contribution in [0.2, 0.25) is 0 Å². The maximum Gasteiger partial charge on any atom is 0.297 e. The van der Waals surface area contributed by atoms with Gasteiger partial charge in [-0.15, -0.1) is 0 Å². The first kappa shape index (κ1) is 8.64. The minimum Gasteiger partial charge on any atom is -0.258 e. The highest BCUT2D eigenvalue weighted by Gasteiger charge is 2.07. The number of hydrogen-bond donors (Lipinski definition) is 0. The summed E-state index contributed by atoms with van der Waals surface area (Å²) in [5, 5.41) is 10.2. The van der Waals surface area contributed by atoms with Crippen molar-refractivity contribution >= 4 is 5.69 Å². The molecule has 0 aliphatic rings. The van der Waals surface area contributed by atoms with E-state index in [2.05, 4.69) is 11.2 Å². The van der Waals surface area contributed by atoms with E-state index in [1.165, 1.54) is 6.07 Å². The summed E-state index contributed by atoms with van der Waals surface area (Å²) in [5.41, 5.74) is 0.736. The van der Waals surface area contributed by atoms with Crippen molar-refractivity contribution in [1.82, 2.24) is 4.98 Å². The molecule has 0 saturated carbocycles. The minimum absolute atomic E-state index is 0.0839. The molecule has 1 rings (SSSR count). The fourth-order valence-corrected chi connectivity index (χ4v) is 0.784. The second-order valence-corrected chi connectivity index (χ2v) is 2.78. The molecule has 12 heavy (non-hydrogen) atoms. The normalized spacial score (nSPS) is 10.2. The Kier molecular flexibility index (Phi) is 2.38. The van der Waals surface area contributed by atoms with Crippen LogP contribution in [0, 0.1) is 16.3 Å². The van der Waals surface area contributed by atoms with Gasteiger partial charge in [0.15, 0.2) is 6.20 Å². The molecule has 0 saturated heterocycles. The SMILES string of the molecule is CC(C)c1ccc([N+](=O)[O-])[c]n1. The highest BCUT2D eigenvalue weighted by molar-refractivity contribution is 5.26. The summed E-state index contributed by atoms with van der Waals surface area (Å²) in [6.07, 6.45) is 2.37. The number of nitrogens with zero attached hydrogens (tertiary/aromatic N) is 2. The van der Waals surface area contributed by atoms with Crippen LogP contribution in [0.15, 0.2) is 12.1 Å². The van der Waals surface area contributed by atoms with Crippen LogP contribution < -0.4 is 0 Å². The van der Waals surface area contributed by atoms with Crippen LogP contribution in [0.25, 0.3) is 0 Å². The molecule has 1 heterocycles. The van der Waals surface area contributed by atoms with E-state index >= 15 is 0 Å². The van der Waals surface area contributed by atoms with Crippen molar-refractivity contribution in [3.8, 4) is 0 Å². The average molecular weight is 165 g/mol. The van der Waals surface area contributed by atoms with Gasteiger partial charge >= 0.3 is 0 Å². The smallest absolute Gasteiger partial charge is 0.258 e. The summed E-state index contributed by atoms with van der Waals surface area (Å²) in [7, 11) is 0. The summed E-state index contributed by atoms with van der Waals surface area (Å²) in [6.45, 7) is 3.95. The van der Waals surface area contributed by atoms with Gasteiger partial charge in [-0.2, -0.15) is 0 Å². The van der Waals surface area contributed by atoms with Crippen molar-refractivity contribution in [3.63, 3.8) is 0 Å². The molecule has 0 amide bonds. The maximum atomic E-state index is 10.2. The third kappa shape index (κ3) is 1.78. The first-order valence-electron chi connectivity index (χ1n) is 3.64. The molecular formula is C8H9N2O2. The van der Waals surface area contributed by atoms with E-state index in [0.29, 0.717) is 0 Å². The number of hydrogen-bond acceptors (Lipinski definition) is 3. The van der Waals surface area contributed by atoms with Gasteiger partial charge in [-0.3, -0.25) is 10.1 Å². The van der Waals surface area contributed by atoms with Crippen LogP contribution in [-0.4, -0.2) is 9.91 Å². The lowest BCUT2D eigenvalue weighted by atomic mass is 10.1. The molecule has 0 fully saturated rings. The maximum absolute atomic E-state index is 10.2. The van der Waals surface area contributed by atoms with Crippen molar-refractivity contribution in [1.29, 1.82) is 0 Å². The zero-order chi connectivity index (χ0) is 9.14. The van der Waals surface area contributed by atoms with Crippen LogP contribution in [-0.2, 0) is 0 Å². The van der Waals surface area contributed by atoms with Crippen molar-refractivity contribution < 1.29 is 4.92 Å². The van der Waals surface area contributed by atoms with Gasteiger partial charge in [0.05, 0.1) is 4.92 Å². The summed E-state index contributed by atoms with van der Waals surface area (Å²) in [6, 6.07) is 3.07. The summed E-state index contributed by atoms with van der Waals surface area (Å²) in [5.74, 6) is 0.280. The van der Waals surface area contributed by atoms with Crippen LogP contribution in [0.3, 0.4) is 0 Å². The molecule has 1 aromatic heterocycles.